The second kappa shape index (κ2) is 6.10. The highest BCUT2D eigenvalue weighted by molar-refractivity contribution is 5.66. The monoisotopic (exact) mass is 261 g/mol. The average molecular weight is 261 g/mol. The minimum absolute atomic E-state index is 0.204. The molecule has 2 rings (SSSR count). The van der Waals surface area contributed by atoms with Gasteiger partial charge in [0, 0.05) is 0 Å². The third-order valence-electron chi connectivity index (χ3n) is 2.48. The van der Waals surface area contributed by atoms with Crippen LogP contribution in [0.1, 0.15) is 17.2 Å². The number of carbonyl (C=O) groups is 1. The van der Waals surface area contributed by atoms with Crippen LogP contribution in [0.3, 0.4) is 0 Å². The zero-order valence-electron chi connectivity index (χ0n) is 10.6. The fourth-order valence-corrected chi connectivity index (χ4v) is 1.70. The minimum atomic E-state index is -0.950. The van der Waals surface area contributed by atoms with Gasteiger partial charge in [0.1, 0.15) is 19.0 Å². The van der Waals surface area contributed by atoms with Gasteiger partial charge in [-0.3, -0.25) is 4.79 Å². The van der Waals surface area contributed by atoms with Gasteiger partial charge in [-0.25, -0.2) is 9.67 Å². The number of hydrogen-bond acceptors (Lipinski definition) is 4. The molecule has 0 atom stereocenters. The molecule has 0 amide bonds. The van der Waals surface area contributed by atoms with Crippen LogP contribution in [0.5, 0.6) is 0 Å². The summed E-state index contributed by atoms with van der Waals surface area (Å²) in [5.41, 5.74) is 1.06. The number of carboxylic acids is 1. The molecule has 1 heterocycles. The molecule has 6 heteroatoms. The van der Waals surface area contributed by atoms with Crippen molar-refractivity contribution in [3.8, 4) is 0 Å². The van der Waals surface area contributed by atoms with Crippen LogP contribution in [0.15, 0.2) is 30.3 Å². The fraction of sp³-hybridized carbons (Fsp3) is 0.308. The van der Waals surface area contributed by atoms with Crippen LogP contribution >= 0.6 is 0 Å². The molecular weight excluding hydrogens is 246 g/mol. The van der Waals surface area contributed by atoms with Crippen molar-refractivity contribution in [2.24, 2.45) is 0 Å². The Kier molecular flexibility index (Phi) is 4.25. The van der Waals surface area contributed by atoms with Gasteiger partial charge >= 0.3 is 5.97 Å². The molecule has 0 spiro atoms. The first-order valence-corrected chi connectivity index (χ1v) is 5.89. The van der Waals surface area contributed by atoms with Gasteiger partial charge in [-0.1, -0.05) is 30.3 Å². The molecule has 1 aromatic heterocycles. The lowest BCUT2D eigenvalue weighted by Crippen LogP contribution is -2.14. The summed E-state index contributed by atoms with van der Waals surface area (Å²) < 4.78 is 6.87. The molecule has 0 saturated carbocycles. The number of aromatic nitrogens is 3. The van der Waals surface area contributed by atoms with E-state index in [-0.39, 0.29) is 13.2 Å². The number of nitrogens with zero attached hydrogens (tertiary/aromatic N) is 3. The summed E-state index contributed by atoms with van der Waals surface area (Å²) in [4.78, 5) is 14.9. The van der Waals surface area contributed by atoms with Crippen molar-refractivity contribution in [2.75, 3.05) is 0 Å². The summed E-state index contributed by atoms with van der Waals surface area (Å²) in [6, 6.07) is 9.75. The quantitative estimate of drug-likeness (QED) is 0.850. The van der Waals surface area contributed by atoms with E-state index in [0.29, 0.717) is 18.3 Å². The van der Waals surface area contributed by atoms with Crippen molar-refractivity contribution in [1.29, 1.82) is 0 Å². The third kappa shape index (κ3) is 3.89. The number of hydrogen-bond donors (Lipinski definition) is 1. The van der Waals surface area contributed by atoms with Gasteiger partial charge < -0.3 is 9.84 Å². The Morgan fingerprint density at radius 2 is 2.05 bits per heavy atom. The van der Waals surface area contributed by atoms with E-state index in [0.717, 1.165) is 5.56 Å². The van der Waals surface area contributed by atoms with Crippen molar-refractivity contribution in [3.05, 3.63) is 47.5 Å². The van der Waals surface area contributed by atoms with Crippen LogP contribution in [0.2, 0.25) is 0 Å². The molecule has 0 bridgehead atoms. The first-order valence-electron chi connectivity index (χ1n) is 5.89. The first-order chi connectivity index (χ1) is 9.15. The topological polar surface area (TPSA) is 77.2 Å². The molecule has 1 N–H and O–H groups in total. The van der Waals surface area contributed by atoms with Gasteiger partial charge in [0.25, 0.3) is 0 Å². The predicted molar refractivity (Wildman–Crippen MR) is 67.3 cm³/mol. The normalized spacial score (nSPS) is 10.6. The first kappa shape index (κ1) is 13.2. The Morgan fingerprint density at radius 3 is 2.74 bits per heavy atom. The molecule has 0 aliphatic heterocycles. The summed E-state index contributed by atoms with van der Waals surface area (Å²) in [7, 11) is 0. The Bertz CT molecular complexity index is 552. The van der Waals surface area contributed by atoms with Crippen molar-refractivity contribution in [2.45, 2.75) is 26.7 Å². The van der Waals surface area contributed by atoms with Crippen LogP contribution in [-0.4, -0.2) is 25.8 Å². The standard InChI is InChI=1S/C13H15N3O3/c1-10-14-12(16(15-10)7-13(17)18)9-19-8-11-5-3-2-4-6-11/h2-6H,7-9H2,1H3,(H,17,18). The Morgan fingerprint density at radius 1 is 1.32 bits per heavy atom. The lowest BCUT2D eigenvalue weighted by Gasteiger charge is -2.05. The van der Waals surface area contributed by atoms with E-state index >= 15 is 0 Å². The van der Waals surface area contributed by atoms with Gasteiger partial charge in [-0.2, -0.15) is 5.10 Å². The molecule has 0 fully saturated rings. The van der Waals surface area contributed by atoms with Gasteiger partial charge in [-0.05, 0) is 12.5 Å². The molecule has 0 radical (unpaired) electrons. The number of aliphatic carboxylic acids is 1. The second-order valence-corrected chi connectivity index (χ2v) is 4.11. The molecular formula is C13H15N3O3. The number of ether oxygens (including phenoxy) is 1. The highest BCUT2D eigenvalue weighted by atomic mass is 16.5. The third-order valence-corrected chi connectivity index (χ3v) is 2.48. The van der Waals surface area contributed by atoms with Crippen LogP contribution in [0.25, 0.3) is 0 Å². The Labute approximate surface area is 110 Å². The van der Waals surface area contributed by atoms with Crippen molar-refractivity contribution >= 4 is 5.97 Å². The van der Waals surface area contributed by atoms with Gasteiger partial charge in [0.05, 0.1) is 6.61 Å². The van der Waals surface area contributed by atoms with Gasteiger partial charge in [-0.15, -0.1) is 0 Å². The van der Waals surface area contributed by atoms with Crippen molar-refractivity contribution < 1.29 is 14.6 Å². The van der Waals surface area contributed by atoms with Crippen LogP contribution in [0, 0.1) is 6.92 Å². The summed E-state index contributed by atoms with van der Waals surface area (Å²) in [5.74, 6) is 0.115. The second-order valence-electron chi connectivity index (χ2n) is 4.11. The lowest BCUT2D eigenvalue weighted by molar-refractivity contribution is -0.138. The van der Waals surface area contributed by atoms with Gasteiger partial charge in [0.15, 0.2) is 5.82 Å². The maximum absolute atomic E-state index is 10.7. The maximum atomic E-state index is 10.7. The van der Waals surface area contributed by atoms with E-state index in [1.807, 2.05) is 30.3 Å². The van der Waals surface area contributed by atoms with E-state index in [1.165, 1.54) is 4.68 Å². The highest BCUT2D eigenvalue weighted by Crippen LogP contribution is 2.05. The zero-order valence-corrected chi connectivity index (χ0v) is 10.6. The maximum Gasteiger partial charge on any atom is 0.325 e. The van der Waals surface area contributed by atoms with E-state index in [2.05, 4.69) is 10.1 Å². The summed E-state index contributed by atoms with van der Waals surface area (Å²) in [6.07, 6.45) is 0. The van der Waals surface area contributed by atoms with E-state index < -0.39 is 5.97 Å². The summed E-state index contributed by atoms with van der Waals surface area (Å²) in [5, 5.41) is 12.8. The molecule has 100 valence electrons. The lowest BCUT2D eigenvalue weighted by atomic mass is 10.2. The molecule has 0 saturated heterocycles. The zero-order chi connectivity index (χ0) is 13.7. The fourth-order valence-electron chi connectivity index (χ4n) is 1.70. The minimum Gasteiger partial charge on any atom is -0.480 e. The number of carboxylic acid groups (broad SMARTS) is 1. The number of benzene rings is 1. The molecule has 0 aliphatic rings. The molecule has 2 aromatic rings. The van der Waals surface area contributed by atoms with Crippen LogP contribution < -0.4 is 0 Å². The van der Waals surface area contributed by atoms with Crippen molar-refractivity contribution in [3.63, 3.8) is 0 Å². The number of aryl methyl sites for hydroxylation is 1. The molecule has 0 unspecified atom stereocenters. The molecule has 0 aliphatic carbocycles. The highest BCUT2D eigenvalue weighted by Gasteiger charge is 2.10. The summed E-state index contributed by atoms with van der Waals surface area (Å²) in [6.45, 7) is 2.22. The average Bonchev–Trinajstić information content (AvgIpc) is 2.70. The Balaban J connectivity index is 1.94. The van der Waals surface area contributed by atoms with E-state index in [4.69, 9.17) is 9.84 Å². The number of rotatable bonds is 6. The van der Waals surface area contributed by atoms with Crippen LogP contribution in [-0.2, 0) is 29.3 Å². The SMILES string of the molecule is Cc1nc(COCc2ccccc2)n(CC(=O)O)n1. The van der Waals surface area contributed by atoms with E-state index in [1.54, 1.807) is 6.92 Å². The molecule has 19 heavy (non-hydrogen) atoms. The van der Waals surface area contributed by atoms with Gasteiger partial charge in [0.2, 0.25) is 0 Å². The Hall–Kier alpha value is -2.21. The molecule has 6 nitrogen and oxygen atoms in total. The molecule has 1 aromatic carbocycles. The largest absolute Gasteiger partial charge is 0.480 e. The predicted octanol–water partition coefficient (Wildman–Crippen LogP) is 1.39. The van der Waals surface area contributed by atoms with Crippen LogP contribution in [0.4, 0.5) is 0 Å². The van der Waals surface area contributed by atoms with Crippen molar-refractivity contribution in [1.82, 2.24) is 14.8 Å². The van der Waals surface area contributed by atoms with E-state index in [9.17, 15) is 4.79 Å². The smallest absolute Gasteiger partial charge is 0.325 e. The summed E-state index contributed by atoms with van der Waals surface area (Å²) >= 11 is 0.